The molecule has 1 aromatic carbocycles. The second-order valence-corrected chi connectivity index (χ2v) is 8.10. The van der Waals surface area contributed by atoms with Gasteiger partial charge in [-0.15, -0.1) is 0 Å². The summed E-state index contributed by atoms with van der Waals surface area (Å²) in [6.45, 7) is 6.66. The number of hydrogen-bond donors (Lipinski definition) is 0. The maximum Gasteiger partial charge on any atom is 0.410 e. The van der Waals surface area contributed by atoms with Gasteiger partial charge in [-0.05, 0) is 46.1 Å². The highest BCUT2D eigenvalue weighted by Crippen LogP contribution is 2.23. The lowest BCUT2D eigenvalue weighted by Gasteiger charge is -2.36. The van der Waals surface area contributed by atoms with E-state index in [1.807, 2.05) is 20.8 Å². The fourth-order valence-electron chi connectivity index (χ4n) is 3.33. The first-order valence-corrected chi connectivity index (χ1v) is 9.76. The van der Waals surface area contributed by atoms with Crippen LogP contribution in [-0.4, -0.2) is 50.7 Å². The molecule has 1 aliphatic heterocycles. The summed E-state index contributed by atoms with van der Waals surface area (Å²) in [4.78, 5) is 33.2. The molecule has 1 saturated heterocycles. The van der Waals surface area contributed by atoms with Gasteiger partial charge in [0.15, 0.2) is 0 Å². The van der Waals surface area contributed by atoms with E-state index in [1.165, 1.54) is 18.3 Å². The molecule has 1 aliphatic rings. The number of carbonyl (C=O) groups excluding carboxylic acids is 1. The number of benzene rings is 1. The molecule has 1 atom stereocenters. The average Bonchev–Trinajstić information content (AvgIpc) is 2.66. The van der Waals surface area contributed by atoms with Crippen molar-refractivity contribution in [1.29, 1.82) is 0 Å². The Labute approximate surface area is 169 Å². The van der Waals surface area contributed by atoms with Crippen molar-refractivity contribution in [3.8, 4) is 5.88 Å². The van der Waals surface area contributed by atoms with Crippen LogP contribution in [0.2, 0.25) is 0 Å². The van der Waals surface area contributed by atoms with Crippen molar-refractivity contribution in [2.24, 2.45) is 0 Å². The van der Waals surface area contributed by atoms with Crippen molar-refractivity contribution in [2.45, 2.75) is 58.1 Å². The van der Waals surface area contributed by atoms with E-state index in [9.17, 15) is 14.9 Å². The Morgan fingerprint density at radius 1 is 1.31 bits per heavy atom. The first-order valence-electron chi connectivity index (χ1n) is 9.76. The Kier molecular flexibility index (Phi) is 6.14. The molecule has 1 fully saturated rings. The molecule has 0 spiro atoms. The molecule has 0 N–H and O–H groups in total. The van der Waals surface area contributed by atoms with Crippen molar-refractivity contribution in [1.82, 2.24) is 14.9 Å². The number of nitrogens with zero attached hydrogens (tertiary/aromatic N) is 4. The van der Waals surface area contributed by atoms with Crippen LogP contribution in [0.4, 0.5) is 10.5 Å². The Morgan fingerprint density at radius 3 is 2.83 bits per heavy atom. The van der Waals surface area contributed by atoms with Crippen LogP contribution in [0.5, 0.6) is 5.88 Å². The maximum atomic E-state index is 12.5. The van der Waals surface area contributed by atoms with Gasteiger partial charge in [-0.2, -0.15) is 0 Å². The molecule has 29 heavy (non-hydrogen) atoms. The minimum Gasteiger partial charge on any atom is -0.476 e. The van der Waals surface area contributed by atoms with Gasteiger partial charge >= 0.3 is 6.09 Å². The van der Waals surface area contributed by atoms with E-state index in [4.69, 9.17) is 9.47 Å². The molecule has 0 unspecified atom stereocenters. The van der Waals surface area contributed by atoms with Gasteiger partial charge in [0, 0.05) is 31.1 Å². The molecule has 1 amide bonds. The predicted octanol–water partition coefficient (Wildman–Crippen LogP) is 4.10. The first-order chi connectivity index (χ1) is 13.7. The summed E-state index contributed by atoms with van der Waals surface area (Å²) < 4.78 is 11.3. The van der Waals surface area contributed by atoms with Gasteiger partial charge in [0.1, 0.15) is 5.60 Å². The van der Waals surface area contributed by atoms with Gasteiger partial charge in [0.05, 0.1) is 28.8 Å². The summed E-state index contributed by atoms with van der Waals surface area (Å²) in [5, 5.41) is 10.9. The van der Waals surface area contributed by atoms with Crippen molar-refractivity contribution in [2.75, 3.05) is 13.2 Å². The molecule has 2 heterocycles. The molecule has 0 aliphatic carbocycles. The number of non-ortho nitro benzene ring substituents is 1. The SMILES string of the molecule is CC(C)(C)OC(=O)N1CCCC[C@@H]1CCOc1cnc2cc([N+](=O)[O-])ccc2n1. The van der Waals surface area contributed by atoms with E-state index in [0.29, 0.717) is 36.5 Å². The van der Waals surface area contributed by atoms with Crippen LogP contribution in [-0.2, 0) is 4.74 Å². The van der Waals surface area contributed by atoms with E-state index in [2.05, 4.69) is 9.97 Å². The fourth-order valence-corrected chi connectivity index (χ4v) is 3.33. The van der Waals surface area contributed by atoms with Crippen LogP contribution in [0.1, 0.15) is 46.5 Å². The van der Waals surface area contributed by atoms with Crippen LogP contribution in [0.25, 0.3) is 11.0 Å². The molecule has 0 radical (unpaired) electrons. The van der Waals surface area contributed by atoms with Crippen molar-refractivity contribution in [3.63, 3.8) is 0 Å². The topological polar surface area (TPSA) is 108 Å². The Morgan fingerprint density at radius 2 is 2.10 bits per heavy atom. The maximum absolute atomic E-state index is 12.5. The number of aromatic nitrogens is 2. The highest BCUT2D eigenvalue weighted by molar-refractivity contribution is 5.77. The fraction of sp³-hybridized carbons (Fsp3) is 0.550. The quantitative estimate of drug-likeness (QED) is 0.547. The first kappa shape index (κ1) is 20.8. The van der Waals surface area contributed by atoms with Crippen LogP contribution < -0.4 is 4.74 Å². The van der Waals surface area contributed by atoms with Crippen LogP contribution in [0.3, 0.4) is 0 Å². The largest absolute Gasteiger partial charge is 0.476 e. The summed E-state index contributed by atoms with van der Waals surface area (Å²) >= 11 is 0. The van der Waals surface area contributed by atoms with Gasteiger partial charge in [-0.3, -0.25) is 10.1 Å². The third-order valence-corrected chi connectivity index (χ3v) is 4.67. The molecular formula is C20H26N4O5. The number of carbonyl (C=O) groups is 1. The number of hydrogen-bond acceptors (Lipinski definition) is 7. The molecular weight excluding hydrogens is 376 g/mol. The number of piperidine rings is 1. The molecule has 0 bridgehead atoms. The number of likely N-dealkylation sites (tertiary alicyclic amines) is 1. The van der Waals surface area contributed by atoms with Crippen LogP contribution in [0, 0.1) is 10.1 Å². The van der Waals surface area contributed by atoms with E-state index in [-0.39, 0.29) is 17.8 Å². The zero-order valence-electron chi connectivity index (χ0n) is 17.0. The summed E-state index contributed by atoms with van der Waals surface area (Å²) in [6, 6.07) is 4.39. The third-order valence-electron chi connectivity index (χ3n) is 4.67. The molecule has 2 aromatic rings. The van der Waals surface area contributed by atoms with Crippen molar-refractivity contribution in [3.05, 3.63) is 34.5 Å². The van der Waals surface area contributed by atoms with E-state index in [0.717, 1.165) is 19.3 Å². The summed E-state index contributed by atoms with van der Waals surface area (Å²) in [5.41, 5.74) is 0.418. The van der Waals surface area contributed by atoms with Crippen LogP contribution >= 0.6 is 0 Å². The predicted molar refractivity (Wildman–Crippen MR) is 107 cm³/mol. The second kappa shape index (κ2) is 8.59. The minimum atomic E-state index is -0.522. The van der Waals surface area contributed by atoms with E-state index < -0.39 is 10.5 Å². The highest BCUT2D eigenvalue weighted by atomic mass is 16.6. The second-order valence-electron chi connectivity index (χ2n) is 8.10. The lowest BCUT2D eigenvalue weighted by atomic mass is 10.0. The monoisotopic (exact) mass is 402 g/mol. The normalized spacial score (nSPS) is 17.2. The number of nitro groups is 1. The zero-order chi connectivity index (χ0) is 21.0. The number of nitro benzene ring substituents is 1. The van der Waals surface area contributed by atoms with E-state index >= 15 is 0 Å². The standard InChI is InChI=1S/C20H26N4O5/c1-20(2,3)29-19(25)23-10-5-4-6-14(23)9-11-28-18-13-21-17-12-15(24(26)27)7-8-16(17)22-18/h7-8,12-14H,4-6,9-11H2,1-3H3/t14-/m1/s1. The molecule has 1 aromatic heterocycles. The smallest absolute Gasteiger partial charge is 0.410 e. The number of rotatable bonds is 5. The molecule has 0 saturated carbocycles. The van der Waals surface area contributed by atoms with Gasteiger partial charge in [0.2, 0.25) is 5.88 Å². The summed E-state index contributed by atoms with van der Waals surface area (Å²) in [5.74, 6) is 0.353. The minimum absolute atomic E-state index is 0.0278. The number of fused-ring (bicyclic) bond motifs is 1. The lowest BCUT2D eigenvalue weighted by Crippen LogP contribution is -2.46. The summed E-state index contributed by atoms with van der Waals surface area (Å²) in [6.07, 6.45) is 4.79. The Bertz CT molecular complexity index is 896. The molecule has 9 nitrogen and oxygen atoms in total. The number of ether oxygens (including phenoxy) is 2. The molecule has 156 valence electrons. The van der Waals surface area contributed by atoms with Gasteiger partial charge in [-0.1, -0.05) is 0 Å². The highest BCUT2D eigenvalue weighted by Gasteiger charge is 2.30. The lowest BCUT2D eigenvalue weighted by molar-refractivity contribution is -0.384. The van der Waals surface area contributed by atoms with Gasteiger partial charge in [0.25, 0.3) is 5.69 Å². The van der Waals surface area contributed by atoms with E-state index in [1.54, 1.807) is 11.0 Å². The average molecular weight is 402 g/mol. The Balaban J connectivity index is 1.59. The Hall–Kier alpha value is -2.97. The summed E-state index contributed by atoms with van der Waals surface area (Å²) in [7, 11) is 0. The van der Waals surface area contributed by atoms with Crippen LogP contribution in [0.15, 0.2) is 24.4 Å². The number of amides is 1. The zero-order valence-corrected chi connectivity index (χ0v) is 17.0. The van der Waals surface area contributed by atoms with Gasteiger partial charge in [-0.25, -0.2) is 14.8 Å². The van der Waals surface area contributed by atoms with Crippen molar-refractivity contribution >= 4 is 22.8 Å². The molecule has 3 rings (SSSR count). The van der Waals surface area contributed by atoms with Crippen molar-refractivity contribution < 1.29 is 19.2 Å². The van der Waals surface area contributed by atoms with Gasteiger partial charge < -0.3 is 14.4 Å². The third kappa shape index (κ3) is 5.52. The molecule has 9 heteroatoms.